The molecule has 0 heterocycles. The minimum atomic E-state index is 0.804. The Hall–Kier alpha value is -0.260. The maximum atomic E-state index is 4.11. The van der Waals surface area contributed by atoms with Crippen molar-refractivity contribution in [3.63, 3.8) is 0 Å². The summed E-state index contributed by atoms with van der Waals surface area (Å²) >= 11 is 0. The fourth-order valence-corrected chi connectivity index (χ4v) is 6.26. The monoisotopic (exact) mass is 491 g/mol. The molecule has 0 heteroatoms. The molecule has 0 nitrogen and oxygen atoms in total. The van der Waals surface area contributed by atoms with Gasteiger partial charge in [-0.15, -0.1) is 6.58 Å². The topological polar surface area (TPSA) is 0 Å². The average Bonchev–Trinajstić information content (AvgIpc) is 2.81. The molecule has 8 unspecified atom stereocenters. The van der Waals surface area contributed by atoms with Gasteiger partial charge in [0.25, 0.3) is 0 Å². The first-order chi connectivity index (χ1) is 16.4. The first-order valence-corrected chi connectivity index (χ1v) is 16.1. The number of allylic oxidation sites excluding steroid dienone is 1. The maximum Gasteiger partial charge on any atom is -0.0323 e. The van der Waals surface area contributed by atoms with E-state index < -0.39 is 0 Å². The Morgan fingerprint density at radius 2 is 1.20 bits per heavy atom. The first kappa shape index (κ1) is 34.7. The second-order valence-electron chi connectivity index (χ2n) is 13.7. The van der Waals surface area contributed by atoms with Gasteiger partial charge >= 0.3 is 0 Å². The Labute approximate surface area is 224 Å². The van der Waals surface area contributed by atoms with Crippen molar-refractivity contribution in [1.29, 1.82) is 0 Å². The molecule has 0 aromatic rings. The second-order valence-corrected chi connectivity index (χ2v) is 13.7. The van der Waals surface area contributed by atoms with Gasteiger partial charge < -0.3 is 0 Å². The van der Waals surface area contributed by atoms with Gasteiger partial charge in [-0.25, -0.2) is 0 Å². The molecule has 0 radical (unpaired) electrons. The molecule has 0 aliphatic carbocycles. The molecule has 210 valence electrons. The fraction of sp³-hybridized carbons (Fsp3) is 0.943. The summed E-state index contributed by atoms with van der Waals surface area (Å²) in [5.41, 5.74) is 1.35. The van der Waals surface area contributed by atoms with Gasteiger partial charge in [0.15, 0.2) is 0 Å². The van der Waals surface area contributed by atoms with Gasteiger partial charge in [0.2, 0.25) is 0 Å². The molecule has 0 bridgehead atoms. The molecule has 0 aromatic carbocycles. The number of rotatable bonds is 22. The molecule has 0 aliphatic rings. The summed E-state index contributed by atoms with van der Waals surface area (Å²) in [7, 11) is 0. The van der Waals surface area contributed by atoms with Crippen molar-refractivity contribution in [1.82, 2.24) is 0 Å². The van der Waals surface area contributed by atoms with Gasteiger partial charge in [-0.2, -0.15) is 0 Å². The van der Waals surface area contributed by atoms with E-state index in [2.05, 4.69) is 82.7 Å². The standard InChI is InChI=1S/C35H70/c1-13-28(8)17-16-18-34(15-3)31(11)22-21-30(10)32(12)24-35(27(6)7)25-33(14-2)23-29(9)20-19-26(4)5/h27-35H,4,13-25H2,1-3,5-12H3. The molecule has 35 heavy (non-hydrogen) atoms. The molecule has 0 spiro atoms. The summed E-state index contributed by atoms with van der Waals surface area (Å²) in [4.78, 5) is 0. The molecule has 0 fully saturated rings. The van der Waals surface area contributed by atoms with Crippen LogP contribution in [0.15, 0.2) is 12.2 Å². The predicted molar refractivity (Wildman–Crippen MR) is 163 cm³/mol. The average molecular weight is 491 g/mol. The van der Waals surface area contributed by atoms with Crippen molar-refractivity contribution in [2.75, 3.05) is 0 Å². The second kappa shape index (κ2) is 19.8. The lowest BCUT2D eigenvalue weighted by atomic mass is 9.74. The van der Waals surface area contributed by atoms with Crippen LogP contribution in [0.1, 0.15) is 160 Å². The van der Waals surface area contributed by atoms with Crippen molar-refractivity contribution >= 4 is 0 Å². The largest absolute Gasteiger partial charge is 0.100 e. The van der Waals surface area contributed by atoms with Crippen molar-refractivity contribution in [2.45, 2.75) is 160 Å². The van der Waals surface area contributed by atoms with Gasteiger partial charge in [-0.3, -0.25) is 0 Å². The summed E-state index contributed by atoms with van der Waals surface area (Å²) < 4.78 is 0. The van der Waals surface area contributed by atoms with E-state index in [0.717, 1.165) is 53.3 Å². The Kier molecular flexibility index (Phi) is 19.7. The lowest BCUT2D eigenvalue weighted by molar-refractivity contribution is 0.188. The minimum Gasteiger partial charge on any atom is -0.100 e. The zero-order valence-corrected chi connectivity index (χ0v) is 26.6. The van der Waals surface area contributed by atoms with E-state index in [4.69, 9.17) is 0 Å². The maximum absolute atomic E-state index is 4.11. The van der Waals surface area contributed by atoms with Crippen molar-refractivity contribution in [3.8, 4) is 0 Å². The highest BCUT2D eigenvalue weighted by Crippen LogP contribution is 2.36. The SMILES string of the molecule is C=C(C)CCC(C)CC(CC)CC(CC(C)C(C)CCC(C)C(CC)CCCC(C)CC)C(C)C. The third-order valence-electron chi connectivity index (χ3n) is 9.98. The van der Waals surface area contributed by atoms with Gasteiger partial charge in [0.1, 0.15) is 0 Å². The van der Waals surface area contributed by atoms with E-state index in [0.29, 0.717) is 0 Å². The molecule has 0 N–H and O–H groups in total. The van der Waals surface area contributed by atoms with Crippen LogP contribution < -0.4 is 0 Å². The Morgan fingerprint density at radius 3 is 1.71 bits per heavy atom. The third-order valence-corrected chi connectivity index (χ3v) is 9.98. The zero-order valence-electron chi connectivity index (χ0n) is 26.6. The molecular formula is C35H70. The third kappa shape index (κ3) is 16.2. The Balaban J connectivity index is 4.68. The molecule has 0 aromatic heterocycles. The van der Waals surface area contributed by atoms with Crippen molar-refractivity contribution in [3.05, 3.63) is 12.2 Å². The van der Waals surface area contributed by atoms with E-state index in [9.17, 15) is 0 Å². The highest BCUT2D eigenvalue weighted by atomic mass is 14.3. The van der Waals surface area contributed by atoms with Gasteiger partial charge in [0.05, 0.1) is 0 Å². The molecule has 0 aliphatic heterocycles. The van der Waals surface area contributed by atoms with Crippen molar-refractivity contribution in [2.24, 2.45) is 53.3 Å². The van der Waals surface area contributed by atoms with Gasteiger partial charge in [0, 0.05) is 0 Å². The van der Waals surface area contributed by atoms with Crippen LogP contribution in [-0.2, 0) is 0 Å². The van der Waals surface area contributed by atoms with Crippen LogP contribution in [-0.4, -0.2) is 0 Å². The van der Waals surface area contributed by atoms with Crippen LogP contribution >= 0.6 is 0 Å². The normalized spacial score (nSPS) is 19.1. The van der Waals surface area contributed by atoms with Crippen LogP contribution in [0.3, 0.4) is 0 Å². The fourth-order valence-electron chi connectivity index (χ4n) is 6.26. The van der Waals surface area contributed by atoms with E-state index in [-0.39, 0.29) is 0 Å². The molecule has 0 saturated heterocycles. The van der Waals surface area contributed by atoms with Gasteiger partial charge in [-0.1, -0.05) is 126 Å². The van der Waals surface area contributed by atoms with E-state index in [1.54, 1.807) is 0 Å². The molecule has 0 saturated carbocycles. The van der Waals surface area contributed by atoms with Crippen LogP contribution in [0.5, 0.6) is 0 Å². The van der Waals surface area contributed by atoms with E-state index in [1.165, 1.54) is 89.0 Å². The van der Waals surface area contributed by atoms with Crippen LogP contribution in [0.4, 0.5) is 0 Å². The molecular weight excluding hydrogens is 420 g/mol. The highest BCUT2D eigenvalue weighted by Gasteiger charge is 2.25. The quantitative estimate of drug-likeness (QED) is 0.132. The minimum absolute atomic E-state index is 0.804. The summed E-state index contributed by atoms with van der Waals surface area (Å²) in [5, 5.41) is 0. The van der Waals surface area contributed by atoms with Gasteiger partial charge in [-0.05, 0) is 92.3 Å². The van der Waals surface area contributed by atoms with Crippen molar-refractivity contribution < 1.29 is 0 Å². The molecule has 0 rings (SSSR count). The smallest absolute Gasteiger partial charge is 0.0323 e. The van der Waals surface area contributed by atoms with Crippen LogP contribution in [0.25, 0.3) is 0 Å². The lowest BCUT2D eigenvalue weighted by Gasteiger charge is -2.32. The number of hydrogen-bond donors (Lipinski definition) is 0. The zero-order chi connectivity index (χ0) is 27.0. The summed E-state index contributed by atoms with van der Waals surface area (Å²) in [6, 6.07) is 0. The molecule has 8 atom stereocenters. The summed E-state index contributed by atoms with van der Waals surface area (Å²) in [6.45, 7) is 31.0. The Morgan fingerprint density at radius 1 is 0.571 bits per heavy atom. The Bertz CT molecular complexity index is 502. The van der Waals surface area contributed by atoms with E-state index >= 15 is 0 Å². The summed E-state index contributed by atoms with van der Waals surface area (Å²) in [6.07, 6.45) is 18.0. The lowest BCUT2D eigenvalue weighted by Crippen LogP contribution is -2.22. The van der Waals surface area contributed by atoms with Crippen LogP contribution in [0.2, 0.25) is 0 Å². The number of hydrogen-bond acceptors (Lipinski definition) is 0. The summed E-state index contributed by atoms with van der Waals surface area (Å²) in [5.74, 6) is 7.84. The predicted octanol–water partition coefficient (Wildman–Crippen LogP) is 12.4. The molecule has 0 amide bonds. The van der Waals surface area contributed by atoms with Crippen LogP contribution in [0, 0.1) is 53.3 Å². The first-order valence-electron chi connectivity index (χ1n) is 16.1. The highest BCUT2D eigenvalue weighted by molar-refractivity contribution is 4.88. The van der Waals surface area contributed by atoms with E-state index in [1.807, 2.05) is 0 Å².